The molecule has 1 N–H and O–H groups in total. The van der Waals surface area contributed by atoms with Gasteiger partial charge in [-0.05, 0) is 18.8 Å². The fourth-order valence-corrected chi connectivity index (χ4v) is 0.981. The largest absolute Gasteiger partial charge is 0.469 e. The van der Waals surface area contributed by atoms with E-state index in [1.807, 2.05) is 6.92 Å². The van der Waals surface area contributed by atoms with Crippen LogP contribution in [0.25, 0.3) is 0 Å². The first kappa shape index (κ1) is 13.4. The van der Waals surface area contributed by atoms with Gasteiger partial charge in [-0.3, -0.25) is 4.79 Å². The number of carbonyl (C=O) groups is 1. The highest BCUT2D eigenvalue weighted by atomic mass is 16.5. The SMILES string of the molecule is CCC(C)(C)CNC(C)CC(=O)OC. The maximum absolute atomic E-state index is 11.0. The lowest BCUT2D eigenvalue weighted by molar-refractivity contribution is -0.141. The lowest BCUT2D eigenvalue weighted by atomic mass is 9.90. The highest BCUT2D eigenvalue weighted by molar-refractivity contribution is 5.69. The molecule has 0 heterocycles. The van der Waals surface area contributed by atoms with Crippen molar-refractivity contribution in [2.75, 3.05) is 13.7 Å². The zero-order chi connectivity index (χ0) is 11.2. The number of methoxy groups -OCH3 is 1. The minimum absolute atomic E-state index is 0.153. The maximum Gasteiger partial charge on any atom is 0.307 e. The summed E-state index contributed by atoms with van der Waals surface area (Å²) in [7, 11) is 1.42. The van der Waals surface area contributed by atoms with Crippen molar-refractivity contribution in [3.63, 3.8) is 0 Å². The van der Waals surface area contributed by atoms with Crippen molar-refractivity contribution >= 4 is 5.97 Å². The number of rotatable bonds is 6. The molecular weight excluding hydrogens is 178 g/mol. The number of hydrogen-bond donors (Lipinski definition) is 1. The molecule has 84 valence electrons. The van der Waals surface area contributed by atoms with Crippen LogP contribution < -0.4 is 5.32 Å². The Hall–Kier alpha value is -0.570. The fraction of sp³-hybridized carbons (Fsp3) is 0.909. The molecule has 0 saturated heterocycles. The van der Waals surface area contributed by atoms with Crippen LogP contribution in [0.5, 0.6) is 0 Å². The molecule has 0 aliphatic heterocycles. The Labute approximate surface area is 87.2 Å². The van der Waals surface area contributed by atoms with E-state index in [-0.39, 0.29) is 12.0 Å². The number of nitrogens with one attached hydrogen (secondary N) is 1. The lowest BCUT2D eigenvalue weighted by Gasteiger charge is -2.25. The van der Waals surface area contributed by atoms with Crippen molar-refractivity contribution in [1.82, 2.24) is 5.32 Å². The van der Waals surface area contributed by atoms with Crippen molar-refractivity contribution in [3.05, 3.63) is 0 Å². The smallest absolute Gasteiger partial charge is 0.307 e. The van der Waals surface area contributed by atoms with Gasteiger partial charge in [-0.15, -0.1) is 0 Å². The Balaban J connectivity index is 3.74. The van der Waals surface area contributed by atoms with Gasteiger partial charge in [0.1, 0.15) is 0 Å². The van der Waals surface area contributed by atoms with Crippen molar-refractivity contribution in [2.24, 2.45) is 5.41 Å². The summed E-state index contributed by atoms with van der Waals surface area (Å²) in [6, 6.07) is 0.188. The maximum atomic E-state index is 11.0. The van der Waals surface area contributed by atoms with Gasteiger partial charge in [0.15, 0.2) is 0 Å². The molecule has 0 fully saturated rings. The van der Waals surface area contributed by atoms with E-state index in [0.29, 0.717) is 11.8 Å². The third-order valence-electron chi connectivity index (χ3n) is 2.59. The predicted octanol–water partition coefficient (Wildman–Crippen LogP) is 1.96. The first-order valence-electron chi connectivity index (χ1n) is 5.21. The molecule has 0 spiro atoms. The summed E-state index contributed by atoms with van der Waals surface area (Å²) in [4.78, 5) is 11.0. The van der Waals surface area contributed by atoms with E-state index in [1.165, 1.54) is 7.11 Å². The van der Waals surface area contributed by atoms with Gasteiger partial charge in [-0.2, -0.15) is 0 Å². The molecule has 0 aliphatic rings. The van der Waals surface area contributed by atoms with E-state index in [4.69, 9.17) is 0 Å². The van der Waals surface area contributed by atoms with Crippen molar-refractivity contribution < 1.29 is 9.53 Å². The van der Waals surface area contributed by atoms with Crippen LogP contribution in [0, 0.1) is 5.41 Å². The Morgan fingerprint density at radius 3 is 2.50 bits per heavy atom. The Morgan fingerprint density at radius 1 is 1.50 bits per heavy atom. The normalized spacial score (nSPS) is 13.8. The van der Waals surface area contributed by atoms with Crippen LogP contribution in [0.2, 0.25) is 0 Å². The summed E-state index contributed by atoms with van der Waals surface area (Å²) in [5.74, 6) is -0.153. The highest BCUT2D eigenvalue weighted by Gasteiger charge is 2.16. The van der Waals surface area contributed by atoms with E-state index >= 15 is 0 Å². The topological polar surface area (TPSA) is 38.3 Å². The van der Waals surface area contributed by atoms with Crippen LogP contribution in [-0.4, -0.2) is 25.7 Å². The second kappa shape index (κ2) is 6.02. The van der Waals surface area contributed by atoms with Gasteiger partial charge in [0.25, 0.3) is 0 Å². The monoisotopic (exact) mass is 201 g/mol. The number of hydrogen-bond acceptors (Lipinski definition) is 3. The molecule has 0 radical (unpaired) electrons. The predicted molar refractivity (Wildman–Crippen MR) is 58.2 cm³/mol. The van der Waals surface area contributed by atoms with E-state index < -0.39 is 0 Å². The highest BCUT2D eigenvalue weighted by Crippen LogP contribution is 2.18. The molecule has 3 nitrogen and oxygen atoms in total. The molecule has 0 aromatic carbocycles. The zero-order valence-corrected chi connectivity index (χ0v) is 10.0. The van der Waals surface area contributed by atoms with E-state index in [2.05, 4.69) is 30.8 Å². The van der Waals surface area contributed by atoms with Crippen LogP contribution in [0.4, 0.5) is 0 Å². The van der Waals surface area contributed by atoms with E-state index in [0.717, 1.165) is 13.0 Å². The third-order valence-corrected chi connectivity index (χ3v) is 2.59. The second-order valence-electron chi connectivity index (χ2n) is 4.58. The molecule has 0 aliphatic carbocycles. The summed E-state index contributed by atoms with van der Waals surface area (Å²) in [6.45, 7) is 9.53. The summed E-state index contributed by atoms with van der Waals surface area (Å²) in [5.41, 5.74) is 0.296. The van der Waals surface area contributed by atoms with Crippen LogP contribution in [0.15, 0.2) is 0 Å². The average molecular weight is 201 g/mol. The quantitative estimate of drug-likeness (QED) is 0.668. The van der Waals surface area contributed by atoms with Gasteiger partial charge in [0.2, 0.25) is 0 Å². The van der Waals surface area contributed by atoms with Gasteiger partial charge in [0, 0.05) is 12.6 Å². The first-order valence-corrected chi connectivity index (χ1v) is 5.21. The van der Waals surface area contributed by atoms with Gasteiger partial charge >= 0.3 is 5.97 Å². The second-order valence-corrected chi connectivity index (χ2v) is 4.58. The van der Waals surface area contributed by atoms with Gasteiger partial charge in [-0.1, -0.05) is 20.8 Å². The summed E-state index contributed by atoms with van der Waals surface area (Å²) in [5, 5.41) is 3.34. The van der Waals surface area contributed by atoms with Gasteiger partial charge < -0.3 is 10.1 Å². The van der Waals surface area contributed by atoms with Gasteiger partial charge in [0.05, 0.1) is 13.5 Å². The summed E-state index contributed by atoms with van der Waals surface area (Å²) >= 11 is 0. The molecule has 0 rings (SSSR count). The molecule has 0 bridgehead atoms. The molecule has 0 aromatic rings. The van der Waals surface area contributed by atoms with Crippen LogP contribution in [0.1, 0.15) is 40.5 Å². The fourth-order valence-electron chi connectivity index (χ4n) is 0.981. The molecule has 14 heavy (non-hydrogen) atoms. The van der Waals surface area contributed by atoms with Crippen LogP contribution in [-0.2, 0) is 9.53 Å². The van der Waals surface area contributed by atoms with Crippen molar-refractivity contribution in [2.45, 2.75) is 46.6 Å². The Morgan fingerprint density at radius 2 is 2.07 bits per heavy atom. The molecule has 1 atom stereocenters. The first-order chi connectivity index (χ1) is 6.41. The number of ether oxygens (including phenoxy) is 1. The molecule has 0 aromatic heterocycles. The number of carbonyl (C=O) groups excluding carboxylic acids is 1. The lowest BCUT2D eigenvalue weighted by Crippen LogP contribution is -2.36. The number of esters is 1. The average Bonchev–Trinajstić information content (AvgIpc) is 2.15. The van der Waals surface area contributed by atoms with Crippen molar-refractivity contribution in [1.29, 1.82) is 0 Å². The minimum Gasteiger partial charge on any atom is -0.469 e. The van der Waals surface area contributed by atoms with E-state index in [9.17, 15) is 4.79 Å². The Bertz CT molecular complexity index is 178. The molecule has 3 heteroatoms. The van der Waals surface area contributed by atoms with Crippen LogP contribution in [0.3, 0.4) is 0 Å². The van der Waals surface area contributed by atoms with Crippen molar-refractivity contribution in [3.8, 4) is 0 Å². The van der Waals surface area contributed by atoms with Crippen LogP contribution >= 0.6 is 0 Å². The minimum atomic E-state index is -0.153. The summed E-state index contributed by atoms with van der Waals surface area (Å²) in [6.07, 6.45) is 1.57. The standard InChI is InChI=1S/C11H23NO2/c1-6-11(3,4)8-12-9(2)7-10(13)14-5/h9,12H,6-8H2,1-5H3. The molecular formula is C11H23NO2. The van der Waals surface area contributed by atoms with Gasteiger partial charge in [-0.25, -0.2) is 0 Å². The third kappa shape index (κ3) is 5.97. The molecule has 0 amide bonds. The van der Waals surface area contributed by atoms with E-state index in [1.54, 1.807) is 0 Å². The Kier molecular flexibility index (Phi) is 5.77. The zero-order valence-electron chi connectivity index (χ0n) is 10.0. The molecule has 0 saturated carbocycles. The summed E-state index contributed by atoms with van der Waals surface area (Å²) < 4.78 is 4.60. The molecule has 1 unspecified atom stereocenters.